The summed E-state index contributed by atoms with van der Waals surface area (Å²) in [7, 11) is 1.56. The number of nitrogens with zero attached hydrogens (tertiary/aromatic N) is 1. The van der Waals surface area contributed by atoms with Crippen molar-refractivity contribution >= 4 is 5.91 Å². The lowest BCUT2D eigenvalue weighted by atomic mass is 9.99. The third-order valence-corrected chi connectivity index (χ3v) is 2.66. The zero-order valence-corrected chi connectivity index (χ0v) is 11.1. The van der Waals surface area contributed by atoms with Crippen LogP contribution in [0.25, 0.3) is 0 Å². The number of carbonyl (C=O) groups is 1. The Morgan fingerprint density at radius 1 is 1.56 bits per heavy atom. The van der Waals surface area contributed by atoms with Crippen LogP contribution in [0.5, 0.6) is 0 Å². The van der Waals surface area contributed by atoms with Crippen molar-refractivity contribution in [2.75, 3.05) is 20.3 Å². The Hall–Kier alpha value is -1.46. The van der Waals surface area contributed by atoms with E-state index in [-0.39, 0.29) is 12.5 Å². The predicted octanol–water partition coefficient (Wildman–Crippen LogP) is 0.907. The molecule has 0 saturated carbocycles. The van der Waals surface area contributed by atoms with Crippen LogP contribution in [-0.4, -0.2) is 41.9 Å². The third-order valence-electron chi connectivity index (χ3n) is 2.66. The molecule has 2 N–H and O–H groups in total. The largest absolute Gasteiger partial charge is 0.396 e. The summed E-state index contributed by atoms with van der Waals surface area (Å²) in [6, 6.07) is 5.28. The first-order valence-electron chi connectivity index (χ1n) is 5.87. The van der Waals surface area contributed by atoms with Crippen LogP contribution in [0, 0.1) is 6.92 Å². The van der Waals surface area contributed by atoms with E-state index in [4.69, 9.17) is 9.84 Å². The van der Waals surface area contributed by atoms with Crippen molar-refractivity contribution in [1.29, 1.82) is 0 Å². The SMILES string of the molecule is COCC(C)(CCO)NC(=O)c1cccc(C)n1. The second-order valence-electron chi connectivity index (χ2n) is 4.59. The highest BCUT2D eigenvalue weighted by Crippen LogP contribution is 2.11. The molecule has 5 nitrogen and oxygen atoms in total. The van der Waals surface area contributed by atoms with Gasteiger partial charge in [0.2, 0.25) is 0 Å². The van der Waals surface area contributed by atoms with E-state index in [0.717, 1.165) is 5.69 Å². The molecule has 18 heavy (non-hydrogen) atoms. The van der Waals surface area contributed by atoms with E-state index in [0.29, 0.717) is 18.7 Å². The van der Waals surface area contributed by atoms with Crippen LogP contribution in [0.1, 0.15) is 29.5 Å². The van der Waals surface area contributed by atoms with Crippen molar-refractivity contribution in [1.82, 2.24) is 10.3 Å². The number of rotatable bonds is 6. The van der Waals surface area contributed by atoms with Gasteiger partial charge in [-0.05, 0) is 32.4 Å². The highest BCUT2D eigenvalue weighted by molar-refractivity contribution is 5.92. The third kappa shape index (κ3) is 4.09. The van der Waals surface area contributed by atoms with Gasteiger partial charge in [-0.25, -0.2) is 4.98 Å². The van der Waals surface area contributed by atoms with Crippen molar-refractivity contribution in [3.05, 3.63) is 29.6 Å². The highest BCUT2D eigenvalue weighted by Gasteiger charge is 2.26. The van der Waals surface area contributed by atoms with E-state index in [1.807, 2.05) is 19.9 Å². The van der Waals surface area contributed by atoms with Gasteiger partial charge in [0.25, 0.3) is 5.91 Å². The lowest BCUT2D eigenvalue weighted by molar-refractivity contribution is 0.0721. The molecule has 1 amide bonds. The predicted molar refractivity (Wildman–Crippen MR) is 68.4 cm³/mol. The number of aryl methyl sites for hydroxylation is 1. The fourth-order valence-electron chi connectivity index (χ4n) is 1.74. The normalized spacial score (nSPS) is 14.0. The zero-order chi connectivity index (χ0) is 13.6. The van der Waals surface area contributed by atoms with Crippen LogP contribution in [0.15, 0.2) is 18.2 Å². The number of aliphatic hydroxyl groups excluding tert-OH is 1. The molecule has 0 aliphatic carbocycles. The Bertz CT molecular complexity index is 401. The van der Waals surface area contributed by atoms with Crippen LogP contribution in [0.4, 0.5) is 0 Å². The fourth-order valence-corrected chi connectivity index (χ4v) is 1.74. The van der Waals surface area contributed by atoms with Crippen LogP contribution in [-0.2, 0) is 4.74 Å². The molecule has 0 fully saturated rings. The molecule has 1 atom stereocenters. The van der Waals surface area contributed by atoms with Gasteiger partial charge >= 0.3 is 0 Å². The standard InChI is InChI=1S/C13H20N2O3/c1-10-5-4-6-11(14-10)12(17)15-13(2,7-8-16)9-18-3/h4-6,16H,7-9H2,1-3H3,(H,15,17). The number of aromatic nitrogens is 1. The van der Waals surface area contributed by atoms with Crippen LogP contribution >= 0.6 is 0 Å². The molecule has 0 bridgehead atoms. The van der Waals surface area contributed by atoms with Gasteiger partial charge < -0.3 is 15.2 Å². The molecule has 0 aliphatic heterocycles. The summed E-state index contributed by atoms with van der Waals surface area (Å²) in [5.41, 5.74) is 0.569. The molecule has 0 aliphatic rings. The minimum Gasteiger partial charge on any atom is -0.396 e. The molecule has 0 aromatic carbocycles. The number of hydrogen-bond acceptors (Lipinski definition) is 4. The molecular formula is C13H20N2O3. The van der Waals surface area contributed by atoms with E-state index in [9.17, 15) is 4.79 Å². The maximum absolute atomic E-state index is 12.1. The summed E-state index contributed by atoms with van der Waals surface area (Å²) in [5, 5.41) is 11.9. The smallest absolute Gasteiger partial charge is 0.270 e. The molecule has 1 aromatic rings. The number of pyridine rings is 1. The van der Waals surface area contributed by atoms with Crippen molar-refractivity contribution in [2.24, 2.45) is 0 Å². The highest BCUT2D eigenvalue weighted by atomic mass is 16.5. The Morgan fingerprint density at radius 2 is 2.28 bits per heavy atom. The van der Waals surface area contributed by atoms with Gasteiger partial charge in [-0.1, -0.05) is 6.07 Å². The summed E-state index contributed by atoms with van der Waals surface area (Å²) in [5.74, 6) is -0.258. The minimum atomic E-state index is -0.591. The molecular weight excluding hydrogens is 232 g/mol. The van der Waals surface area contributed by atoms with Gasteiger partial charge in [-0.2, -0.15) is 0 Å². The molecule has 1 heterocycles. The van der Waals surface area contributed by atoms with Crippen molar-refractivity contribution in [3.8, 4) is 0 Å². The topological polar surface area (TPSA) is 71.5 Å². The van der Waals surface area contributed by atoms with E-state index in [1.54, 1.807) is 19.2 Å². The second kappa shape index (κ2) is 6.47. The first kappa shape index (κ1) is 14.6. The first-order valence-corrected chi connectivity index (χ1v) is 5.87. The fraction of sp³-hybridized carbons (Fsp3) is 0.538. The molecule has 0 saturated heterocycles. The maximum atomic E-state index is 12.1. The van der Waals surface area contributed by atoms with Gasteiger partial charge in [0.15, 0.2) is 0 Å². The molecule has 1 aromatic heterocycles. The van der Waals surface area contributed by atoms with Crippen LogP contribution < -0.4 is 5.32 Å². The van der Waals surface area contributed by atoms with E-state index >= 15 is 0 Å². The molecule has 1 rings (SSSR count). The number of hydrogen-bond donors (Lipinski definition) is 2. The number of aliphatic hydroxyl groups is 1. The Morgan fingerprint density at radius 3 is 2.83 bits per heavy atom. The van der Waals surface area contributed by atoms with Gasteiger partial charge in [0.1, 0.15) is 5.69 Å². The second-order valence-corrected chi connectivity index (χ2v) is 4.59. The maximum Gasteiger partial charge on any atom is 0.270 e. The quantitative estimate of drug-likeness (QED) is 0.789. The summed E-state index contributed by atoms with van der Waals surface area (Å²) in [6.07, 6.45) is 0.429. The molecule has 0 radical (unpaired) electrons. The average molecular weight is 252 g/mol. The summed E-state index contributed by atoms with van der Waals surface area (Å²) in [6.45, 7) is 3.99. The molecule has 5 heteroatoms. The summed E-state index contributed by atoms with van der Waals surface area (Å²) in [4.78, 5) is 16.2. The number of ether oxygens (including phenoxy) is 1. The van der Waals surface area contributed by atoms with Crippen molar-refractivity contribution < 1.29 is 14.6 Å². The lowest BCUT2D eigenvalue weighted by Crippen LogP contribution is -2.50. The summed E-state index contributed by atoms with van der Waals surface area (Å²) >= 11 is 0. The molecule has 100 valence electrons. The Kier molecular flexibility index (Phi) is 5.25. The lowest BCUT2D eigenvalue weighted by Gasteiger charge is -2.29. The van der Waals surface area contributed by atoms with Gasteiger partial charge in [0.05, 0.1) is 12.1 Å². The van der Waals surface area contributed by atoms with Crippen LogP contribution in [0.2, 0.25) is 0 Å². The monoisotopic (exact) mass is 252 g/mol. The number of carbonyl (C=O) groups excluding carboxylic acids is 1. The van der Waals surface area contributed by atoms with Crippen molar-refractivity contribution in [2.45, 2.75) is 25.8 Å². The zero-order valence-electron chi connectivity index (χ0n) is 11.1. The number of amides is 1. The summed E-state index contributed by atoms with van der Waals surface area (Å²) < 4.78 is 5.07. The van der Waals surface area contributed by atoms with E-state index in [2.05, 4.69) is 10.3 Å². The first-order chi connectivity index (χ1) is 8.50. The average Bonchev–Trinajstić information content (AvgIpc) is 2.29. The van der Waals surface area contributed by atoms with Gasteiger partial charge in [-0.3, -0.25) is 4.79 Å². The Balaban J connectivity index is 2.78. The number of methoxy groups -OCH3 is 1. The number of nitrogens with one attached hydrogen (secondary N) is 1. The Labute approximate surface area is 107 Å². The van der Waals surface area contributed by atoms with Gasteiger partial charge in [-0.15, -0.1) is 0 Å². The van der Waals surface area contributed by atoms with Crippen molar-refractivity contribution in [3.63, 3.8) is 0 Å². The minimum absolute atomic E-state index is 0.0125. The van der Waals surface area contributed by atoms with Gasteiger partial charge in [0, 0.05) is 19.4 Å². The van der Waals surface area contributed by atoms with E-state index < -0.39 is 5.54 Å². The van der Waals surface area contributed by atoms with Crippen LogP contribution in [0.3, 0.4) is 0 Å². The van der Waals surface area contributed by atoms with E-state index in [1.165, 1.54) is 0 Å². The molecule has 0 spiro atoms. The molecule has 1 unspecified atom stereocenters.